The van der Waals surface area contributed by atoms with Gasteiger partial charge in [0.2, 0.25) is 0 Å². The summed E-state index contributed by atoms with van der Waals surface area (Å²) in [7, 11) is 2.21. The summed E-state index contributed by atoms with van der Waals surface area (Å²) in [6, 6.07) is 0. The zero-order valence-electron chi connectivity index (χ0n) is 11.7. The molecule has 0 aliphatic heterocycles. The van der Waals surface area contributed by atoms with Crippen LogP contribution in [0.5, 0.6) is 0 Å². The first-order valence-electron chi connectivity index (χ1n) is 6.50. The van der Waals surface area contributed by atoms with E-state index < -0.39 is 0 Å². The highest BCUT2D eigenvalue weighted by Crippen LogP contribution is 2.00. The fourth-order valence-corrected chi connectivity index (χ4v) is 1.59. The Balaban J connectivity index is 3.27. The van der Waals surface area contributed by atoms with Crippen molar-refractivity contribution < 1.29 is 0 Å². The van der Waals surface area contributed by atoms with E-state index in [1.165, 1.54) is 32.4 Å². The molecule has 0 fully saturated rings. The summed E-state index contributed by atoms with van der Waals surface area (Å²) >= 11 is 0. The summed E-state index contributed by atoms with van der Waals surface area (Å²) in [5.74, 6) is 0. The lowest BCUT2D eigenvalue weighted by atomic mass is 10.1. The van der Waals surface area contributed by atoms with Crippen LogP contribution in [0, 0.1) is 0 Å². The number of hydrogen-bond acceptors (Lipinski definition) is 2. The predicted molar refractivity (Wildman–Crippen MR) is 73.9 cm³/mol. The molecular formula is C14H30N2. The average molecular weight is 226 g/mol. The smallest absolute Gasteiger partial charge is 0.00965 e. The fraction of sp³-hybridized carbons (Fsp3) is 0.857. The molecule has 16 heavy (non-hydrogen) atoms. The Morgan fingerprint density at radius 2 is 1.75 bits per heavy atom. The Hall–Kier alpha value is -0.340. The molecule has 0 heterocycles. The fourth-order valence-electron chi connectivity index (χ4n) is 1.59. The van der Waals surface area contributed by atoms with Crippen LogP contribution in [0.1, 0.15) is 46.5 Å². The molecule has 0 saturated carbocycles. The monoisotopic (exact) mass is 226 g/mol. The number of rotatable bonds is 9. The van der Waals surface area contributed by atoms with E-state index in [0.717, 1.165) is 13.0 Å². The van der Waals surface area contributed by atoms with Crippen LogP contribution in [-0.2, 0) is 0 Å². The molecule has 0 atom stereocenters. The van der Waals surface area contributed by atoms with Crippen molar-refractivity contribution in [1.82, 2.24) is 10.2 Å². The normalized spacial score (nSPS) is 12.1. The molecule has 0 aromatic carbocycles. The summed E-state index contributed by atoms with van der Waals surface area (Å²) in [4.78, 5) is 2.42. The molecule has 0 bridgehead atoms. The molecule has 0 radical (unpaired) electrons. The van der Waals surface area contributed by atoms with Gasteiger partial charge in [-0.1, -0.05) is 6.08 Å². The maximum Gasteiger partial charge on any atom is 0.00965 e. The van der Waals surface area contributed by atoms with Crippen LogP contribution in [0.25, 0.3) is 0 Å². The number of unbranched alkanes of at least 4 members (excludes halogenated alkanes) is 2. The van der Waals surface area contributed by atoms with Crippen LogP contribution < -0.4 is 5.32 Å². The molecule has 0 saturated heterocycles. The van der Waals surface area contributed by atoms with Gasteiger partial charge in [0.25, 0.3) is 0 Å². The second-order valence-corrected chi connectivity index (χ2v) is 5.62. The minimum atomic E-state index is 0.260. The Kier molecular flexibility index (Phi) is 8.58. The lowest BCUT2D eigenvalue weighted by Crippen LogP contribution is -2.36. The molecule has 0 aromatic heterocycles. The van der Waals surface area contributed by atoms with Crippen molar-refractivity contribution >= 4 is 0 Å². The highest BCUT2D eigenvalue weighted by atomic mass is 15.1. The van der Waals surface area contributed by atoms with Crippen molar-refractivity contribution in [2.75, 3.05) is 26.7 Å². The van der Waals surface area contributed by atoms with Crippen molar-refractivity contribution in [3.63, 3.8) is 0 Å². The summed E-state index contributed by atoms with van der Waals surface area (Å²) in [6.07, 6.45) is 6.92. The van der Waals surface area contributed by atoms with Crippen molar-refractivity contribution in [3.05, 3.63) is 12.7 Å². The van der Waals surface area contributed by atoms with Crippen molar-refractivity contribution in [2.45, 2.75) is 52.0 Å². The van der Waals surface area contributed by atoms with E-state index in [2.05, 4.69) is 44.6 Å². The second kappa shape index (κ2) is 8.77. The molecule has 0 aliphatic rings. The molecule has 0 aliphatic carbocycles. The Bertz CT molecular complexity index is 170. The van der Waals surface area contributed by atoms with Gasteiger partial charge in [0.05, 0.1) is 0 Å². The van der Waals surface area contributed by atoms with E-state index in [0.29, 0.717) is 0 Å². The number of hydrogen-bond donors (Lipinski definition) is 1. The Labute approximate surface area is 102 Å². The Morgan fingerprint density at radius 3 is 2.31 bits per heavy atom. The minimum Gasteiger partial charge on any atom is -0.312 e. The van der Waals surface area contributed by atoms with E-state index in [4.69, 9.17) is 0 Å². The van der Waals surface area contributed by atoms with Crippen LogP contribution in [-0.4, -0.2) is 37.1 Å². The minimum absolute atomic E-state index is 0.260. The summed E-state index contributed by atoms with van der Waals surface area (Å²) in [5, 5.41) is 3.52. The summed E-state index contributed by atoms with van der Waals surface area (Å²) < 4.78 is 0. The zero-order valence-corrected chi connectivity index (χ0v) is 11.7. The summed E-state index contributed by atoms with van der Waals surface area (Å²) in [6.45, 7) is 13.9. The quantitative estimate of drug-likeness (QED) is 0.480. The molecule has 0 unspecified atom stereocenters. The molecule has 96 valence electrons. The number of allylic oxidation sites excluding steroid dienone is 1. The first-order chi connectivity index (χ1) is 7.45. The molecule has 0 amide bonds. The molecule has 0 rings (SSSR count). The maximum absolute atomic E-state index is 3.74. The molecule has 0 aromatic rings. The van der Waals surface area contributed by atoms with Gasteiger partial charge in [-0.3, -0.25) is 0 Å². The van der Waals surface area contributed by atoms with Crippen molar-refractivity contribution in [1.29, 1.82) is 0 Å². The van der Waals surface area contributed by atoms with Gasteiger partial charge >= 0.3 is 0 Å². The lowest BCUT2D eigenvalue weighted by molar-refractivity contribution is 0.317. The Morgan fingerprint density at radius 1 is 1.12 bits per heavy atom. The van der Waals surface area contributed by atoms with Gasteiger partial charge in [-0.25, -0.2) is 0 Å². The molecule has 2 heteroatoms. The molecule has 1 N–H and O–H groups in total. The zero-order chi connectivity index (χ0) is 12.4. The van der Waals surface area contributed by atoms with Crippen LogP contribution in [0.15, 0.2) is 12.7 Å². The van der Waals surface area contributed by atoms with Crippen LogP contribution in [0.2, 0.25) is 0 Å². The topological polar surface area (TPSA) is 15.3 Å². The van der Waals surface area contributed by atoms with Crippen molar-refractivity contribution in [2.24, 2.45) is 0 Å². The largest absolute Gasteiger partial charge is 0.312 e. The number of nitrogens with zero attached hydrogens (tertiary/aromatic N) is 1. The first kappa shape index (κ1) is 15.7. The standard InChI is InChI=1S/C14H30N2/c1-6-7-9-12-16(5)13-10-8-11-15-14(2,3)4/h6,15H,1,7-13H2,2-5H3. The maximum atomic E-state index is 3.74. The first-order valence-corrected chi connectivity index (χ1v) is 6.50. The van der Waals surface area contributed by atoms with Gasteiger partial charge in [-0.2, -0.15) is 0 Å². The molecule has 0 spiro atoms. The highest BCUT2D eigenvalue weighted by molar-refractivity contribution is 4.70. The average Bonchev–Trinajstić information content (AvgIpc) is 2.16. The summed E-state index contributed by atoms with van der Waals surface area (Å²) in [5.41, 5.74) is 0.260. The van der Waals surface area contributed by atoms with Gasteiger partial charge in [0, 0.05) is 5.54 Å². The predicted octanol–water partition coefficient (Wildman–Crippen LogP) is 3.05. The van der Waals surface area contributed by atoms with Gasteiger partial charge < -0.3 is 10.2 Å². The molecule has 2 nitrogen and oxygen atoms in total. The third-order valence-corrected chi connectivity index (χ3v) is 2.57. The lowest BCUT2D eigenvalue weighted by Gasteiger charge is -2.21. The van der Waals surface area contributed by atoms with Gasteiger partial charge in [0.15, 0.2) is 0 Å². The van der Waals surface area contributed by atoms with Gasteiger partial charge in [-0.05, 0) is 73.1 Å². The van der Waals surface area contributed by atoms with Gasteiger partial charge in [0.1, 0.15) is 0 Å². The second-order valence-electron chi connectivity index (χ2n) is 5.62. The van der Waals surface area contributed by atoms with E-state index in [9.17, 15) is 0 Å². The van der Waals surface area contributed by atoms with Gasteiger partial charge in [-0.15, -0.1) is 6.58 Å². The van der Waals surface area contributed by atoms with E-state index in [1.54, 1.807) is 0 Å². The van der Waals surface area contributed by atoms with E-state index >= 15 is 0 Å². The van der Waals surface area contributed by atoms with Crippen LogP contribution >= 0.6 is 0 Å². The van der Waals surface area contributed by atoms with Crippen LogP contribution in [0.4, 0.5) is 0 Å². The highest BCUT2D eigenvalue weighted by Gasteiger charge is 2.07. The van der Waals surface area contributed by atoms with Crippen LogP contribution in [0.3, 0.4) is 0 Å². The third-order valence-electron chi connectivity index (χ3n) is 2.57. The van der Waals surface area contributed by atoms with E-state index in [-0.39, 0.29) is 5.54 Å². The molecular weight excluding hydrogens is 196 g/mol. The third kappa shape index (κ3) is 11.7. The van der Waals surface area contributed by atoms with E-state index in [1.807, 2.05) is 6.08 Å². The number of nitrogens with one attached hydrogen (secondary N) is 1. The SMILES string of the molecule is C=CCCCN(C)CCCCNC(C)(C)C. The van der Waals surface area contributed by atoms with Crippen molar-refractivity contribution in [3.8, 4) is 0 Å².